The Morgan fingerprint density at radius 3 is 2.58 bits per heavy atom. The van der Waals surface area contributed by atoms with Crippen molar-refractivity contribution >= 4 is 47.4 Å². The summed E-state index contributed by atoms with van der Waals surface area (Å²) in [5, 5.41) is 6.14. The van der Waals surface area contributed by atoms with E-state index >= 15 is 0 Å². The summed E-state index contributed by atoms with van der Waals surface area (Å²) in [6.45, 7) is 4.84. The molecule has 33 heavy (non-hydrogen) atoms. The first-order valence-electron chi connectivity index (χ1n) is 11.4. The van der Waals surface area contributed by atoms with Crippen LogP contribution in [0.2, 0.25) is 0 Å². The van der Waals surface area contributed by atoms with E-state index in [1.165, 1.54) is 11.3 Å². The number of rotatable bonds is 6. The minimum Gasteiger partial charge on any atom is -0.346 e. The highest BCUT2D eigenvalue weighted by molar-refractivity contribution is 7.21. The molecule has 0 saturated carbocycles. The number of thiophene rings is 1. The number of carbonyl (C=O) groups is 3. The van der Waals surface area contributed by atoms with Gasteiger partial charge in [0, 0.05) is 37.3 Å². The first-order chi connectivity index (χ1) is 15.9. The van der Waals surface area contributed by atoms with Crippen LogP contribution in [-0.2, 0) is 4.79 Å². The van der Waals surface area contributed by atoms with Crippen molar-refractivity contribution < 1.29 is 14.4 Å². The van der Waals surface area contributed by atoms with Crippen LogP contribution in [-0.4, -0.2) is 69.7 Å². The molecule has 1 aromatic carbocycles. The number of amides is 3. The van der Waals surface area contributed by atoms with Gasteiger partial charge in [0.05, 0.1) is 10.9 Å². The summed E-state index contributed by atoms with van der Waals surface area (Å²) in [5.41, 5.74) is 2.28. The Morgan fingerprint density at radius 1 is 1.18 bits per heavy atom. The summed E-state index contributed by atoms with van der Waals surface area (Å²) >= 11 is 1.23. The molecule has 3 heterocycles. The summed E-state index contributed by atoms with van der Waals surface area (Å²) in [5.74, 6) is 0.410. The smallest absolute Gasteiger partial charge is 0.261 e. The molecule has 2 aliphatic heterocycles. The Labute approximate surface area is 199 Å². The van der Waals surface area contributed by atoms with Gasteiger partial charge in [0.1, 0.15) is 7.85 Å². The molecule has 3 amide bonds. The van der Waals surface area contributed by atoms with Crippen molar-refractivity contribution in [3.05, 3.63) is 46.3 Å². The Balaban J connectivity index is 1.39. The van der Waals surface area contributed by atoms with Crippen molar-refractivity contribution in [3.63, 3.8) is 0 Å². The fraction of sp³-hybridized carbons (Fsp3) is 0.458. The predicted molar refractivity (Wildman–Crippen MR) is 132 cm³/mol. The van der Waals surface area contributed by atoms with Crippen molar-refractivity contribution in [1.29, 1.82) is 0 Å². The quantitative estimate of drug-likeness (QED) is 0.635. The van der Waals surface area contributed by atoms with Gasteiger partial charge in [-0.1, -0.05) is 6.07 Å². The summed E-state index contributed by atoms with van der Waals surface area (Å²) < 4.78 is 0.580. The zero-order valence-corrected chi connectivity index (χ0v) is 19.9. The van der Waals surface area contributed by atoms with Crippen molar-refractivity contribution in [1.82, 2.24) is 15.5 Å². The lowest BCUT2D eigenvalue weighted by atomic mass is 9.96. The van der Waals surface area contributed by atoms with Gasteiger partial charge in [-0.05, 0) is 73.9 Å². The van der Waals surface area contributed by atoms with Gasteiger partial charge in [-0.2, -0.15) is 0 Å². The minimum atomic E-state index is -0.270. The van der Waals surface area contributed by atoms with Crippen molar-refractivity contribution in [2.75, 3.05) is 38.1 Å². The molecule has 9 heteroatoms. The van der Waals surface area contributed by atoms with Crippen LogP contribution >= 0.6 is 11.3 Å². The van der Waals surface area contributed by atoms with E-state index in [-0.39, 0.29) is 30.2 Å². The molecule has 1 unspecified atom stereocenters. The molecule has 1 aromatic heterocycles. The number of benzene rings is 1. The second-order valence-electron chi connectivity index (χ2n) is 8.87. The molecule has 2 aromatic rings. The summed E-state index contributed by atoms with van der Waals surface area (Å²) in [4.78, 5) is 42.3. The number of hydrogen-bond donors (Lipinski definition) is 2. The van der Waals surface area contributed by atoms with Crippen LogP contribution in [0.15, 0.2) is 30.3 Å². The first-order valence-corrected chi connectivity index (χ1v) is 12.2. The molecule has 2 radical (unpaired) electrons. The fourth-order valence-electron chi connectivity index (χ4n) is 4.64. The van der Waals surface area contributed by atoms with E-state index in [4.69, 9.17) is 7.85 Å². The average molecular weight is 464 g/mol. The topological polar surface area (TPSA) is 81.8 Å². The van der Waals surface area contributed by atoms with Crippen molar-refractivity contribution in [3.8, 4) is 0 Å². The predicted octanol–water partition coefficient (Wildman–Crippen LogP) is 1.46. The van der Waals surface area contributed by atoms with Gasteiger partial charge in [-0.15, -0.1) is 11.3 Å². The number of anilines is 1. The molecule has 2 aliphatic rings. The molecule has 4 rings (SSSR count). The molecule has 7 nitrogen and oxygen atoms in total. The highest BCUT2D eigenvalue weighted by Crippen LogP contribution is 2.26. The van der Waals surface area contributed by atoms with E-state index in [2.05, 4.69) is 10.6 Å². The molecular formula is C24H29BN4O3S. The van der Waals surface area contributed by atoms with Crippen LogP contribution < -0.4 is 20.3 Å². The molecule has 0 aliphatic carbocycles. The number of carbonyl (C=O) groups excluding carboxylic acids is 3. The molecule has 2 saturated heterocycles. The van der Waals surface area contributed by atoms with Gasteiger partial charge in [-0.25, -0.2) is 0 Å². The third-order valence-electron chi connectivity index (χ3n) is 6.46. The first kappa shape index (κ1) is 23.5. The van der Waals surface area contributed by atoms with Gasteiger partial charge in [0.25, 0.3) is 11.8 Å². The maximum atomic E-state index is 13.1. The van der Waals surface area contributed by atoms with E-state index in [1.807, 2.05) is 37.1 Å². The van der Waals surface area contributed by atoms with Gasteiger partial charge in [0.2, 0.25) is 5.91 Å². The SMILES string of the molecule is [B]c1ccc(C(=O)NC2CC(=O)N(c3ccc(C(=O)N4CCC(CNC)CC4)c(C)c3)C2)s1. The van der Waals surface area contributed by atoms with Crippen LogP contribution in [0.25, 0.3) is 0 Å². The van der Waals surface area contributed by atoms with Crippen molar-refractivity contribution in [2.45, 2.75) is 32.2 Å². The lowest BCUT2D eigenvalue weighted by Gasteiger charge is -2.32. The summed E-state index contributed by atoms with van der Waals surface area (Å²) in [7, 11) is 7.67. The zero-order valence-electron chi connectivity index (χ0n) is 19.1. The van der Waals surface area contributed by atoms with Crippen LogP contribution in [0.4, 0.5) is 5.69 Å². The van der Waals surface area contributed by atoms with E-state index < -0.39 is 0 Å². The van der Waals surface area contributed by atoms with Crippen LogP contribution in [0.3, 0.4) is 0 Å². The van der Waals surface area contributed by atoms with Crippen LogP contribution in [0.5, 0.6) is 0 Å². The van der Waals surface area contributed by atoms with E-state index in [9.17, 15) is 14.4 Å². The van der Waals surface area contributed by atoms with E-state index in [1.54, 1.807) is 17.0 Å². The monoisotopic (exact) mass is 464 g/mol. The Kier molecular flexibility index (Phi) is 7.19. The van der Waals surface area contributed by atoms with E-state index in [0.29, 0.717) is 27.7 Å². The van der Waals surface area contributed by atoms with Gasteiger partial charge < -0.3 is 20.4 Å². The zero-order chi connectivity index (χ0) is 23.5. The highest BCUT2D eigenvalue weighted by atomic mass is 32.1. The Bertz CT molecular complexity index is 1050. The number of aryl methyl sites for hydroxylation is 1. The van der Waals surface area contributed by atoms with Gasteiger partial charge >= 0.3 is 0 Å². The van der Waals surface area contributed by atoms with E-state index in [0.717, 1.165) is 43.7 Å². The largest absolute Gasteiger partial charge is 0.346 e. The normalized spacial score (nSPS) is 19.2. The summed E-state index contributed by atoms with van der Waals surface area (Å²) in [6.07, 6.45) is 2.27. The van der Waals surface area contributed by atoms with Gasteiger partial charge in [-0.3, -0.25) is 14.4 Å². The molecule has 2 N–H and O–H groups in total. The number of nitrogens with zero attached hydrogens (tertiary/aromatic N) is 2. The second-order valence-corrected chi connectivity index (χ2v) is 9.99. The van der Waals surface area contributed by atoms with Crippen molar-refractivity contribution in [2.24, 2.45) is 5.92 Å². The molecule has 0 spiro atoms. The molecule has 2 fully saturated rings. The molecule has 1 atom stereocenters. The maximum absolute atomic E-state index is 13.1. The number of hydrogen-bond acceptors (Lipinski definition) is 5. The number of piperidine rings is 1. The standard InChI is InChI=1S/C24H29BN4O3S/c1-15-11-18(3-4-19(15)24(32)28-9-7-16(8-10-28)13-26-2)29-14-17(12-22(29)30)27-23(31)20-5-6-21(25)33-20/h3-6,11,16-17,26H,7-10,12-14H2,1-2H3,(H,27,31). The highest BCUT2D eigenvalue weighted by Gasteiger charge is 2.32. The minimum absolute atomic E-state index is 0.0453. The third kappa shape index (κ3) is 5.30. The maximum Gasteiger partial charge on any atom is 0.261 e. The lowest BCUT2D eigenvalue weighted by Crippen LogP contribution is -2.40. The third-order valence-corrected chi connectivity index (χ3v) is 7.37. The van der Waals surface area contributed by atoms with Crippen LogP contribution in [0, 0.1) is 12.8 Å². The molecule has 172 valence electrons. The number of likely N-dealkylation sites (tertiary alicyclic amines) is 1. The second kappa shape index (κ2) is 10.1. The molecule has 0 bridgehead atoms. The summed E-state index contributed by atoms with van der Waals surface area (Å²) in [6, 6.07) is 8.65. The fourth-order valence-corrected chi connectivity index (χ4v) is 5.32. The average Bonchev–Trinajstić information content (AvgIpc) is 3.39. The Hall–Kier alpha value is -2.65. The number of nitrogens with one attached hydrogen (secondary N) is 2. The van der Waals surface area contributed by atoms with Gasteiger partial charge in [0.15, 0.2) is 0 Å². The molecular weight excluding hydrogens is 435 g/mol. The van der Waals surface area contributed by atoms with Crippen LogP contribution in [0.1, 0.15) is 44.9 Å². The Morgan fingerprint density at radius 2 is 1.94 bits per heavy atom. The lowest BCUT2D eigenvalue weighted by molar-refractivity contribution is -0.117.